The van der Waals surface area contributed by atoms with Gasteiger partial charge in [-0.3, -0.25) is 4.79 Å². The highest BCUT2D eigenvalue weighted by Gasteiger charge is 2.33. The summed E-state index contributed by atoms with van der Waals surface area (Å²) in [5.41, 5.74) is -0.520. The summed E-state index contributed by atoms with van der Waals surface area (Å²) in [7, 11) is 3.41. The zero-order valence-electron chi connectivity index (χ0n) is 17.4. The van der Waals surface area contributed by atoms with Crippen molar-refractivity contribution in [2.75, 3.05) is 33.7 Å². The topological polar surface area (TPSA) is 95.1 Å². The molecule has 1 aliphatic carbocycles. The van der Waals surface area contributed by atoms with Crippen LogP contribution in [0, 0.1) is 5.92 Å². The summed E-state index contributed by atoms with van der Waals surface area (Å²) in [5.74, 6) is 0.970. The molecule has 8 nitrogen and oxygen atoms in total. The summed E-state index contributed by atoms with van der Waals surface area (Å²) in [5, 5.41) is 9.38. The summed E-state index contributed by atoms with van der Waals surface area (Å²) >= 11 is 0. The molecular formula is C18H36IN5O3. The SMILES string of the molecule is CCCNC(=NCC(=O)N(C)C)NCC(NC(=O)OC(C)(C)C)C1CC1.I. The molecule has 0 aliphatic heterocycles. The van der Waals surface area contributed by atoms with Crippen LogP contribution in [-0.2, 0) is 9.53 Å². The third kappa shape index (κ3) is 11.9. The number of likely N-dealkylation sites (N-methyl/N-ethyl adjacent to an activating group) is 1. The molecule has 1 aliphatic rings. The minimum atomic E-state index is -0.520. The lowest BCUT2D eigenvalue weighted by atomic mass is 10.2. The number of halogens is 1. The van der Waals surface area contributed by atoms with Gasteiger partial charge in [0.2, 0.25) is 5.91 Å². The van der Waals surface area contributed by atoms with Crippen LogP contribution in [0.25, 0.3) is 0 Å². The second-order valence-electron chi connectivity index (χ2n) is 7.85. The van der Waals surface area contributed by atoms with Crippen molar-refractivity contribution >= 4 is 41.9 Å². The summed E-state index contributed by atoms with van der Waals surface area (Å²) in [6, 6.07) is -0.0250. The molecule has 27 heavy (non-hydrogen) atoms. The molecule has 0 aromatic carbocycles. The lowest BCUT2D eigenvalue weighted by Gasteiger charge is -2.24. The van der Waals surface area contributed by atoms with E-state index in [1.165, 1.54) is 4.90 Å². The molecule has 0 radical (unpaired) electrons. The molecule has 0 aromatic heterocycles. The Morgan fingerprint density at radius 1 is 1.22 bits per heavy atom. The van der Waals surface area contributed by atoms with Gasteiger partial charge in [0.25, 0.3) is 0 Å². The van der Waals surface area contributed by atoms with Gasteiger partial charge in [0.15, 0.2) is 5.96 Å². The molecule has 1 atom stereocenters. The van der Waals surface area contributed by atoms with Crippen molar-refractivity contribution in [3.05, 3.63) is 0 Å². The number of aliphatic imine (C=N–C) groups is 1. The normalized spacial score (nSPS) is 15.3. The van der Waals surface area contributed by atoms with Crippen LogP contribution in [0.2, 0.25) is 0 Å². The van der Waals surface area contributed by atoms with Gasteiger partial charge in [-0.05, 0) is 46.0 Å². The van der Waals surface area contributed by atoms with E-state index in [-0.39, 0.29) is 42.5 Å². The number of nitrogens with zero attached hydrogens (tertiary/aromatic N) is 2. The Bertz CT molecular complexity index is 502. The third-order valence-electron chi connectivity index (χ3n) is 3.80. The van der Waals surface area contributed by atoms with Crippen LogP contribution in [0.5, 0.6) is 0 Å². The maximum absolute atomic E-state index is 12.1. The Labute approximate surface area is 180 Å². The summed E-state index contributed by atoms with van der Waals surface area (Å²) in [6.07, 6.45) is 2.73. The van der Waals surface area contributed by atoms with Gasteiger partial charge in [-0.2, -0.15) is 0 Å². The van der Waals surface area contributed by atoms with Gasteiger partial charge >= 0.3 is 6.09 Å². The average Bonchev–Trinajstić information content (AvgIpc) is 3.35. The van der Waals surface area contributed by atoms with Crippen LogP contribution in [0.1, 0.15) is 47.0 Å². The van der Waals surface area contributed by atoms with E-state index in [9.17, 15) is 9.59 Å². The smallest absolute Gasteiger partial charge is 0.407 e. The summed E-state index contributed by atoms with van der Waals surface area (Å²) < 4.78 is 5.35. The fourth-order valence-electron chi connectivity index (χ4n) is 2.21. The van der Waals surface area contributed by atoms with Crippen molar-refractivity contribution in [3.8, 4) is 0 Å². The Kier molecular flexibility index (Phi) is 11.7. The minimum Gasteiger partial charge on any atom is -0.444 e. The van der Waals surface area contributed by atoms with Gasteiger partial charge in [-0.25, -0.2) is 9.79 Å². The van der Waals surface area contributed by atoms with E-state index in [0.29, 0.717) is 18.4 Å². The molecule has 1 saturated carbocycles. The molecule has 158 valence electrons. The highest BCUT2D eigenvalue weighted by Crippen LogP contribution is 2.32. The van der Waals surface area contributed by atoms with E-state index in [0.717, 1.165) is 25.8 Å². The first-order chi connectivity index (χ1) is 12.1. The van der Waals surface area contributed by atoms with Crippen LogP contribution in [0.3, 0.4) is 0 Å². The summed E-state index contributed by atoms with van der Waals surface area (Å²) in [4.78, 5) is 29.6. The first-order valence-electron chi connectivity index (χ1n) is 9.34. The Balaban J connectivity index is 0.00000676. The molecule has 2 amide bonds. The zero-order chi connectivity index (χ0) is 19.7. The fraction of sp³-hybridized carbons (Fsp3) is 0.833. The Hall–Kier alpha value is -1.26. The molecule has 0 bridgehead atoms. The van der Waals surface area contributed by atoms with Gasteiger partial charge in [0, 0.05) is 27.2 Å². The van der Waals surface area contributed by atoms with E-state index in [2.05, 4.69) is 27.9 Å². The average molecular weight is 497 g/mol. The Morgan fingerprint density at radius 3 is 2.33 bits per heavy atom. The highest BCUT2D eigenvalue weighted by atomic mass is 127. The van der Waals surface area contributed by atoms with Crippen LogP contribution in [0.15, 0.2) is 4.99 Å². The number of rotatable bonds is 8. The van der Waals surface area contributed by atoms with E-state index in [1.54, 1.807) is 14.1 Å². The van der Waals surface area contributed by atoms with E-state index < -0.39 is 11.7 Å². The maximum Gasteiger partial charge on any atom is 0.407 e. The molecule has 1 unspecified atom stereocenters. The van der Waals surface area contributed by atoms with Crippen LogP contribution < -0.4 is 16.0 Å². The van der Waals surface area contributed by atoms with Crippen molar-refractivity contribution in [1.29, 1.82) is 0 Å². The number of guanidine groups is 1. The molecule has 0 saturated heterocycles. The zero-order valence-corrected chi connectivity index (χ0v) is 19.8. The van der Waals surface area contributed by atoms with Gasteiger partial charge < -0.3 is 25.6 Å². The molecule has 0 spiro atoms. The second kappa shape index (κ2) is 12.2. The van der Waals surface area contributed by atoms with Crippen LogP contribution in [0.4, 0.5) is 4.79 Å². The lowest BCUT2D eigenvalue weighted by Crippen LogP contribution is -2.49. The van der Waals surface area contributed by atoms with Crippen molar-refractivity contribution in [3.63, 3.8) is 0 Å². The molecule has 0 aromatic rings. The largest absolute Gasteiger partial charge is 0.444 e. The molecule has 1 fully saturated rings. The van der Waals surface area contributed by atoms with Crippen LogP contribution >= 0.6 is 24.0 Å². The predicted octanol–water partition coefficient (Wildman–Crippen LogP) is 1.94. The molecule has 0 heterocycles. The number of hydrogen-bond donors (Lipinski definition) is 3. The highest BCUT2D eigenvalue weighted by molar-refractivity contribution is 14.0. The van der Waals surface area contributed by atoms with E-state index in [4.69, 9.17) is 4.74 Å². The third-order valence-corrected chi connectivity index (χ3v) is 3.80. The molecule has 9 heteroatoms. The second-order valence-corrected chi connectivity index (χ2v) is 7.85. The number of amides is 2. The van der Waals surface area contributed by atoms with Gasteiger partial charge in [-0.1, -0.05) is 6.92 Å². The number of carbonyl (C=O) groups is 2. The number of nitrogens with one attached hydrogen (secondary N) is 3. The number of alkyl carbamates (subject to hydrolysis) is 1. The lowest BCUT2D eigenvalue weighted by molar-refractivity contribution is -0.127. The van der Waals surface area contributed by atoms with Gasteiger partial charge in [0.05, 0.1) is 6.04 Å². The van der Waals surface area contributed by atoms with Crippen molar-refractivity contribution in [2.45, 2.75) is 58.6 Å². The maximum atomic E-state index is 12.1. The minimum absolute atomic E-state index is 0. The first kappa shape index (κ1) is 25.7. The van der Waals surface area contributed by atoms with Crippen molar-refractivity contribution < 1.29 is 14.3 Å². The fourth-order valence-corrected chi connectivity index (χ4v) is 2.21. The van der Waals surface area contributed by atoms with Crippen LogP contribution in [-0.4, -0.2) is 68.2 Å². The van der Waals surface area contributed by atoms with Crippen molar-refractivity contribution in [2.24, 2.45) is 10.9 Å². The van der Waals surface area contributed by atoms with Gasteiger partial charge in [0.1, 0.15) is 12.1 Å². The number of hydrogen-bond acceptors (Lipinski definition) is 4. The van der Waals surface area contributed by atoms with E-state index >= 15 is 0 Å². The number of carbonyl (C=O) groups excluding carboxylic acids is 2. The van der Waals surface area contributed by atoms with E-state index in [1.807, 2.05) is 20.8 Å². The monoisotopic (exact) mass is 497 g/mol. The number of ether oxygens (including phenoxy) is 1. The Morgan fingerprint density at radius 2 is 1.85 bits per heavy atom. The standard InChI is InChI=1S/C18H35N5O3.HI/c1-7-10-19-16(21-12-15(24)23(5)6)20-11-14(13-8-9-13)22-17(25)26-18(2,3)4;/h13-14H,7-12H2,1-6H3,(H,22,25)(H2,19,20,21);1H. The van der Waals surface area contributed by atoms with Crippen molar-refractivity contribution in [1.82, 2.24) is 20.9 Å². The first-order valence-corrected chi connectivity index (χ1v) is 9.34. The molecule has 3 N–H and O–H groups in total. The quantitative estimate of drug-likeness (QED) is 0.271. The van der Waals surface area contributed by atoms with Gasteiger partial charge in [-0.15, -0.1) is 24.0 Å². The molecular weight excluding hydrogens is 461 g/mol. The predicted molar refractivity (Wildman–Crippen MR) is 119 cm³/mol. The summed E-state index contributed by atoms with van der Waals surface area (Å²) in [6.45, 7) is 8.98. The molecule has 1 rings (SSSR count).